The maximum absolute atomic E-state index is 12.7. The van der Waals surface area contributed by atoms with Crippen LogP contribution in [0.1, 0.15) is 36.9 Å². The molecule has 1 saturated carbocycles. The van der Waals surface area contributed by atoms with Crippen LogP contribution in [0.5, 0.6) is 11.5 Å². The third-order valence-electron chi connectivity index (χ3n) is 5.13. The molecule has 1 aliphatic carbocycles. The molecule has 0 amide bonds. The molecule has 0 atom stereocenters. The number of aliphatic imine (C=N–C) groups is 1. The Morgan fingerprint density at radius 2 is 1.89 bits per heavy atom. The second-order valence-corrected chi connectivity index (χ2v) is 6.94. The second-order valence-electron chi connectivity index (χ2n) is 6.94. The molecule has 1 heterocycles. The smallest absolute Gasteiger partial charge is 0.160 e. The first-order chi connectivity index (χ1) is 13.5. The van der Waals surface area contributed by atoms with Gasteiger partial charge in [0.25, 0.3) is 0 Å². The van der Waals surface area contributed by atoms with Crippen molar-refractivity contribution in [1.29, 1.82) is 0 Å². The van der Waals surface area contributed by atoms with E-state index in [1.807, 2.05) is 12.1 Å². The second kappa shape index (κ2) is 8.82. The van der Waals surface area contributed by atoms with Gasteiger partial charge < -0.3 is 14.5 Å². The van der Waals surface area contributed by atoms with E-state index in [0.29, 0.717) is 43.0 Å². The summed E-state index contributed by atoms with van der Waals surface area (Å²) in [6.07, 6.45) is 4.70. The van der Waals surface area contributed by atoms with Crippen molar-refractivity contribution >= 4 is 17.3 Å². The Kier molecular flexibility index (Phi) is 6.23. The van der Waals surface area contributed by atoms with Crippen LogP contribution in [0.25, 0.3) is 0 Å². The molecule has 148 valence electrons. The Morgan fingerprint density at radius 1 is 1.18 bits per heavy atom. The molecule has 0 saturated heterocycles. The lowest BCUT2D eigenvalue weighted by Crippen LogP contribution is -2.37. The first-order valence-electron chi connectivity index (χ1n) is 9.29. The maximum Gasteiger partial charge on any atom is 0.160 e. The first-order valence-corrected chi connectivity index (χ1v) is 9.29. The molecule has 2 aromatic rings. The van der Waals surface area contributed by atoms with Gasteiger partial charge in [0.15, 0.2) is 11.5 Å². The van der Waals surface area contributed by atoms with Crippen LogP contribution in [0.4, 0.5) is 0 Å². The van der Waals surface area contributed by atoms with E-state index < -0.39 is 5.92 Å². The molecule has 0 unspecified atom stereocenters. The number of ketones is 2. The molecular formula is C21H25N3O4. The minimum atomic E-state index is -0.724. The number of hydrogen-bond donors (Lipinski definition) is 1. The Balaban J connectivity index is 1.68. The number of methoxy groups -OCH3 is 2. The van der Waals surface area contributed by atoms with E-state index in [1.54, 1.807) is 39.7 Å². The molecule has 3 rings (SSSR count). The summed E-state index contributed by atoms with van der Waals surface area (Å²) in [6, 6.07) is 5.53. The zero-order chi connectivity index (χ0) is 20.1. The third kappa shape index (κ3) is 4.30. The number of aromatic amines is 1. The zero-order valence-electron chi connectivity index (χ0n) is 16.4. The van der Waals surface area contributed by atoms with Gasteiger partial charge in [-0.15, -0.1) is 0 Å². The average Bonchev–Trinajstić information content (AvgIpc) is 3.20. The molecule has 7 heteroatoms. The van der Waals surface area contributed by atoms with E-state index in [9.17, 15) is 9.59 Å². The van der Waals surface area contributed by atoms with E-state index in [4.69, 9.17) is 9.47 Å². The van der Waals surface area contributed by atoms with E-state index in [0.717, 1.165) is 11.3 Å². The van der Waals surface area contributed by atoms with Gasteiger partial charge in [0.2, 0.25) is 0 Å². The molecule has 0 spiro atoms. The fraction of sp³-hybridized carbons (Fsp3) is 0.429. The number of aromatic nitrogens is 2. The van der Waals surface area contributed by atoms with E-state index >= 15 is 0 Å². The number of nitrogens with zero attached hydrogens (tertiary/aromatic N) is 2. The fourth-order valence-corrected chi connectivity index (χ4v) is 3.65. The van der Waals surface area contributed by atoms with Gasteiger partial charge in [0.1, 0.15) is 17.5 Å². The van der Waals surface area contributed by atoms with Crippen molar-refractivity contribution in [3.05, 3.63) is 42.0 Å². The van der Waals surface area contributed by atoms with Gasteiger partial charge >= 0.3 is 0 Å². The van der Waals surface area contributed by atoms with Crippen LogP contribution in [0, 0.1) is 5.92 Å². The quantitative estimate of drug-likeness (QED) is 0.586. The molecule has 0 bridgehead atoms. The highest BCUT2D eigenvalue weighted by Gasteiger charge is 2.37. The number of carbonyl (C=O) groups is 2. The summed E-state index contributed by atoms with van der Waals surface area (Å²) in [7, 11) is 3.14. The number of H-pyrrole nitrogens is 1. The van der Waals surface area contributed by atoms with Gasteiger partial charge in [-0.1, -0.05) is 6.07 Å². The number of rotatable bonds is 7. The van der Waals surface area contributed by atoms with Crippen molar-refractivity contribution in [3.8, 4) is 11.5 Å². The van der Waals surface area contributed by atoms with Crippen LogP contribution in [-0.4, -0.2) is 48.0 Å². The monoisotopic (exact) mass is 383 g/mol. The van der Waals surface area contributed by atoms with Crippen LogP contribution >= 0.6 is 0 Å². The Morgan fingerprint density at radius 3 is 2.50 bits per heavy atom. The van der Waals surface area contributed by atoms with Gasteiger partial charge in [-0.3, -0.25) is 14.6 Å². The highest BCUT2D eigenvalue weighted by atomic mass is 16.5. The molecule has 1 N–H and O–H groups in total. The molecule has 0 radical (unpaired) electrons. The van der Waals surface area contributed by atoms with Crippen molar-refractivity contribution in [2.75, 3.05) is 20.8 Å². The Labute approximate surface area is 164 Å². The van der Waals surface area contributed by atoms with E-state index in [1.165, 1.54) is 0 Å². The van der Waals surface area contributed by atoms with Crippen molar-refractivity contribution in [2.45, 2.75) is 32.1 Å². The number of ether oxygens (including phenoxy) is 2. The molecule has 1 aromatic carbocycles. The fourth-order valence-electron chi connectivity index (χ4n) is 3.65. The van der Waals surface area contributed by atoms with Crippen LogP contribution in [0.2, 0.25) is 0 Å². The predicted molar refractivity (Wildman–Crippen MR) is 105 cm³/mol. The highest BCUT2D eigenvalue weighted by Crippen LogP contribution is 2.36. The number of carbonyl (C=O) groups excluding carboxylic acids is 2. The predicted octanol–water partition coefficient (Wildman–Crippen LogP) is 2.76. The summed E-state index contributed by atoms with van der Waals surface area (Å²) >= 11 is 0. The number of benzene rings is 1. The van der Waals surface area contributed by atoms with Gasteiger partial charge in [0.05, 0.1) is 20.5 Å². The molecule has 0 aliphatic heterocycles. The third-order valence-corrected chi connectivity index (χ3v) is 5.13. The zero-order valence-corrected chi connectivity index (χ0v) is 16.4. The number of nitrogens with one attached hydrogen (secondary N) is 1. The molecule has 1 fully saturated rings. The first kappa shape index (κ1) is 19.8. The van der Waals surface area contributed by atoms with E-state index in [-0.39, 0.29) is 17.5 Å². The summed E-state index contributed by atoms with van der Waals surface area (Å²) in [5.74, 6) is 0.209. The van der Waals surface area contributed by atoms with Crippen LogP contribution in [-0.2, 0) is 16.0 Å². The van der Waals surface area contributed by atoms with Crippen LogP contribution in [0.3, 0.4) is 0 Å². The maximum atomic E-state index is 12.7. The summed E-state index contributed by atoms with van der Waals surface area (Å²) in [4.78, 5) is 36.9. The summed E-state index contributed by atoms with van der Waals surface area (Å²) < 4.78 is 10.6. The Hall–Kier alpha value is -2.96. The van der Waals surface area contributed by atoms with E-state index in [2.05, 4.69) is 15.0 Å². The van der Waals surface area contributed by atoms with Crippen LogP contribution in [0.15, 0.2) is 35.7 Å². The van der Waals surface area contributed by atoms with Crippen molar-refractivity contribution in [1.82, 2.24) is 9.97 Å². The molecular weight excluding hydrogens is 358 g/mol. The van der Waals surface area contributed by atoms with Gasteiger partial charge in [-0.25, -0.2) is 4.98 Å². The van der Waals surface area contributed by atoms with Crippen molar-refractivity contribution < 1.29 is 19.1 Å². The SMILES string of the molecule is COc1ccc(C2CC(=O)C(C(C)=NCCc3cnc[nH]3)C(=O)C2)cc1OC. The van der Waals surface area contributed by atoms with Crippen molar-refractivity contribution in [3.63, 3.8) is 0 Å². The number of hydrogen-bond acceptors (Lipinski definition) is 6. The Bertz CT molecular complexity index is 856. The van der Waals surface area contributed by atoms with Crippen molar-refractivity contribution in [2.24, 2.45) is 10.9 Å². The number of imidazole rings is 1. The average molecular weight is 383 g/mol. The summed E-state index contributed by atoms with van der Waals surface area (Å²) in [5, 5.41) is 0. The summed E-state index contributed by atoms with van der Waals surface area (Å²) in [5.41, 5.74) is 2.48. The normalized spacial score (nSPS) is 20.3. The molecule has 7 nitrogen and oxygen atoms in total. The van der Waals surface area contributed by atoms with Gasteiger partial charge in [-0.05, 0) is 30.5 Å². The number of Topliss-reactive ketones (excluding diaryl/α,β-unsaturated/α-hetero) is 2. The highest BCUT2D eigenvalue weighted by molar-refractivity contribution is 6.21. The summed E-state index contributed by atoms with van der Waals surface area (Å²) in [6.45, 7) is 2.29. The minimum absolute atomic E-state index is 0.0705. The molecule has 1 aromatic heterocycles. The minimum Gasteiger partial charge on any atom is -0.493 e. The standard InChI is InChI=1S/C21H25N3O4/c1-13(23-7-6-16-11-22-12-24-16)21-17(25)8-15(9-18(21)26)14-4-5-19(27-2)20(10-14)28-3/h4-5,10-12,15,21H,6-9H2,1-3H3,(H,22,24). The molecule has 28 heavy (non-hydrogen) atoms. The topological polar surface area (TPSA) is 93.6 Å². The van der Waals surface area contributed by atoms with Gasteiger partial charge in [-0.2, -0.15) is 0 Å². The lowest BCUT2D eigenvalue weighted by Gasteiger charge is -2.27. The van der Waals surface area contributed by atoms with Gasteiger partial charge in [0, 0.05) is 43.4 Å². The van der Waals surface area contributed by atoms with Crippen LogP contribution < -0.4 is 9.47 Å². The lowest BCUT2D eigenvalue weighted by atomic mass is 9.75. The lowest BCUT2D eigenvalue weighted by molar-refractivity contribution is -0.133. The molecule has 1 aliphatic rings. The largest absolute Gasteiger partial charge is 0.493 e.